The van der Waals surface area contributed by atoms with Gasteiger partial charge >= 0.3 is 25.2 Å². The predicted molar refractivity (Wildman–Crippen MR) is 453 cm³/mol. The van der Waals surface area contributed by atoms with Crippen LogP contribution in [0.3, 0.4) is 0 Å². The molecule has 2 fully saturated rings. The van der Waals surface area contributed by atoms with Crippen LogP contribution < -0.4 is 31.9 Å². The number of likely N-dealkylation sites (tertiary alicyclic amines) is 1. The minimum absolute atomic E-state index is 0.0203. The Bertz CT molecular complexity index is 4510. The number of anilines is 1. The fourth-order valence-electron chi connectivity index (χ4n) is 14.1. The van der Waals surface area contributed by atoms with Crippen LogP contribution in [0.5, 0.6) is 0 Å². The summed E-state index contributed by atoms with van der Waals surface area (Å²) in [6.45, 7) is 21.7. The van der Waals surface area contributed by atoms with Gasteiger partial charge in [0.25, 0.3) is 5.91 Å². The van der Waals surface area contributed by atoms with Crippen molar-refractivity contribution in [1.82, 2.24) is 31.2 Å². The lowest BCUT2D eigenvalue weighted by atomic mass is 9.85. The topological polar surface area (TPSA) is 377 Å². The summed E-state index contributed by atoms with van der Waals surface area (Å²) in [5.41, 5.74) is 5.75. The average Bonchev–Trinajstić information content (AvgIpc) is 1.49. The highest BCUT2D eigenvalue weighted by Gasteiger charge is 2.57. The van der Waals surface area contributed by atoms with Gasteiger partial charge in [-0.3, -0.25) is 61.7 Å². The molecule has 0 spiro atoms. The highest BCUT2D eigenvalue weighted by Crippen LogP contribution is 2.67. The molecule has 29 nitrogen and oxygen atoms in total. The van der Waals surface area contributed by atoms with Gasteiger partial charge in [0.1, 0.15) is 24.2 Å². The molecule has 4 aromatic carbocycles. The Kier molecular flexibility index (Phi) is 35.3. The third-order valence-electron chi connectivity index (χ3n) is 21.6. The number of β-amino-alcohol motifs (C(OH)–C–C–N with tert-alkyl or cyclic N) is 1. The van der Waals surface area contributed by atoms with E-state index in [0.29, 0.717) is 91.0 Å². The second-order valence-electron chi connectivity index (χ2n) is 34.6. The first-order valence-electron chi connectivity index (χ1n) is 41.8. The molecule has 7 amide bonds. The van der Waals surface area contributed by atoms with Gasteiger partial charge in [0.05, 0.1) is 110 Å². The molecule has 1 unspecified atom stereocenters. The maximum Gasteiger partial charge on any atom is 0.410 e. The molecule has 0 bridgehead atoms. The monoisotopic (exact) mass is 1760 g/mol. The number of carbonyl (C=O) groups is 9. The van der Waals surface area contributed by atoms with Crippen molar-refractivity contribution in [2.45, 2.75) is 227 Å². The molecule has 1 saturated carbocycles. The maximum absolute atomic E-state index is 16.3. The number of para-hydroxylation sites is 1. The number of allylic oxidation sites excluding steroid dienone is 1. The van der Waals surface area contributed by atoms with Gasteiger partial charge in [0, 0.05) is 57.2 Å². The summed E-state index contributed by atoms with van der Waals surface area (Å²) in [7, 11) is -5.62. The summed E-state index contributed by atoms with van der Waals surface area (Å²) in [6, 6.07) is 19.0. The number of ether oxygens (including phenoxy) is 8. The number of hydrogen-bond donors (Lipinski definition) is 6. The van der Waals surface area contributed by atoms with Crippen LogP contribution in [-0.4, -0.2) is 203 Å². The zero-order valence-corrected chi connectivity index (χ0v) is 74.1. The minimum Gasteiger partial charge on any atom is -0.438 e. The molecule has 7 atom stereocenters. The lowest BCUT2D eigenvalue weighted by Crippen LogP contribution is -2.59. The van der Waals surface area contributed by atoms with E-state index in [2.05, 4.69) is 32.3 Å². The fourth-order valence-corrected chi connectivity index (χ4v) is 16.2. The first-order chi connectivity index (χ1) is 58.2. The molecular weight excluding hydrogens is 1640 g/mol. The summed E-state index contributed by atoms with van der Waals surface area (Å²) >= 11 is 1.54. The largest absolute Gasteiger partial charge is 0.438 e. The van der Waals surface area contributed by atoms with E-state index in [1.807, 2.05) is 61.5 Å². The van der Waals surface area contributed by atoms with Crippen LogP contribution in [0.25, 0.3) is 16.0 Å². The molecule has 674 valence electrons. The highest BCUT2D eigenvalue weighted by atomic mass is 32.1. The number of halogens is 3. The quantitative estimate of drug-likeness (QED) is 0.00693. The number of aryl methyl sites for hydroxylation is 4. The smallest absolute Gasteiger partial charge is 0.410 e. The normalized spacial score (nSPS) is 18.0. The Morgan fingerprint density at radius 2 is 1.31 bits per heavy atom. The van der Waals surface area contributed by atoms with Crippen LogP contribution in [0, 0.1) is 23.2 Å². The molecule has 1 aliphatic carbocycles. The Morgan fingerprint density at radius 1 is 0.732 bits per heavy atom. The van der Waals surface area contributed by atoms with Crippen LogP contribution in [0.1, 0.15) is 178 Å². The number of nitrogens with two attached hydrogens (primary N) is 1. The van der Waals surface area contributed by atoms with Gasteiger partial charge in [-0.1, -0.05) is 99.6 Å². The van der Waals surface area contributed by atoms with E-state index in [4.69, 9.17) is 52.7 Å². The van der Waals surface area contributed by atoms with Crippen LogP contribution in [0.2, 0.25) is 0 Å². The Labute approximate surface area is 721 Å². The zero-order valence-electron chi connectivity index (χ0n) is 72.4. The van der Waals surface area contributed by atoms with Crippen molar-refractivity contribution >= 4 is 83.5 Å². The lowest BCUT2D eigenvalue weighted by molar-refractivity contribution is -0.163. The average molecular weight is 1760 g/mol. The highest BCUT2D eigenvalue weighted by molar-refractivity contribution is 7.54. The van der Waals surface area contributed by atoms with Crippen molar-refractivity contribution in [2.24, 2.45) is 22.0 Å². The maximum atomic E-state index is 16.3. The van der Waals surface area contributed by atoms with Gasteiger partial charge in [-0.2, -0.15) is 8.78 Å². The van der Waals surface area contributed by atoms with Crippen molar-refractivity contribution in [2.75, 3.05) is 91.1 Å². The van der Waals surface area contributed by atoms with Crippen LogP contribution in [0.4, 0.5) is 18.9 Å². The van der Waals surface area contributed by atoms with E-state index < -0.39 is 150 Å². The van der Waals surface area contributed by atoms with Crippen molar-refractivity contribution in [3.63, 3.8) is 0 Å². The van der Waals surface area contributed by atoms with E-state index in [1.165, 1.54) is 69.6 Å². The third kappa shape index (κ3) is 27.8. The van der Waals surface area contributed by atoms with E-state index in [-0.39, 0.29) is 75.8 Å². The number of carbonyl (C=O) groups excluding carboxylic acids is 9. The second-order valence-corrected chi connectivity index (χ2v) is 37.5. The summed E-state index contributed by atoms with van der Waals surface area (Å²) in [5.74, 6) is -5.82. The summed E-state index contributed by atoms with van der Waals surface area (Å²) in [5, 5.41) is 22.1. The first kappa shape index (κ1) is 97.9. The fraction of sp³-hybridized carbons (Fsp3) is 0.573. The number of esters is 2. The number of alkyl halides is 3. The van der Waals surface area contributed by atoms with E-state index in [0.717, 1.165) is 74.5 Å². The number of hydrogen-bond acceptors (Lipinski definition) is 23. The van der Waals surface area contributed by atoms with Gasteiger partial charge < -0.3 is 74.9 Å². The zero-order chi connectivity index (χ0) is 89.6. The SMILES string of the molecule is C/C(=C\C(=O)N[C@H]1CCc2cccc3c2N(C1=O)[C@H](C(=O)N[C@@H](CCC(N)=O)[C@@H](C)OCc1ccc(CCCOCCOCCOCCOCCOCCCc2cc(-c4scnc4C)ccc2CNC(=O)[C@@H]2C[C@@H](O)CN2C(=O)C(NC(=O)C2(F)CC2)C(C)(C)C)cc1)C3)c1ccc(C(F)(F)P(=O)(OCOC(=O)C(C)(C)C)OCOC(=O)C(C)(C)C)cc1. The van der Waals surface area contributed by atoms with Crippen molar-refractivity contribution in [3.05, 3.63) is 147 Å². The number of primary amides is 1. The van der Waals surface area contributed by atoms with Gasteiger partial charge in [-0.05, 0) is 182 Å². The Morgan fingerprint density at radius 3 is 1.87 bits per heavy atom. The van der Waals surface area contributed by atoms with Crippen LogP contribution in [0.15, 0.2) is 96.5 Å². The first-order valence-corrected chi connectivity index (χ1v) is 44.2. The molecular formula is C89H120F3N8O21PS. The van der Waals surface area contributed by atoms with Crippen LogP contribution in [-0.2, 0) is 139 Å². The molecule has 9 rings (SSSR count). The number of aliphatic hydroxyl groups is 1. The Hall–Kier alpha value is -8.86. The number of thiazole rings is 1. The summed E-state index contributed by atoms with van der Waals surface area (Å²) in [6.07, 6.45) is 3.47. The molecule has 4 aliphatic rings. The third-order valence-corrected chi connectivity index (χ3v) is 24.4. The predicted octanol–water partition coefficient (Wildman–Crippen LogP) is 10.9. The number of rotatable bonds is 47. The van der Waals surface area contributed by atoms with Crippen molar-refractivity contribution < 1.29 is 113 Å². The van der Waals surface area contributed by atoms with Crippen molar-refractivity contribution in [3.8, 4) is 10.4 Å². The van der Waals surface area contributed by atoms with E-state index in [1.54, 1.807) is 51.5 Å². The lowest BCUT2D eigenvalue weighted by Gasteiger charge is -2.35. The number of amides is 7. The number of aliphatic hydroxyl groups excluding tert-OH is 1. The van der Waals surface area contributed by atoms with Gasteiger partial charge in [0.15, 0.2) is 5.67 Å². The molecule has 1 aromatic heterocycles. The molecule has 5 aromatic rings. The van der Waals surface area contributed by atoms with Crippen LogP contribution >= 0.6 is 18.9 Å². The van der Waals surface area contributed by atoms with Gasteiger partial charge in [-0.15, -0.1) is 11.3 Å². The standard InChI is InChI=1S/C89H120F3N8O21PS/c1-56(61-26-29-67(30-27-61)89(91,92)122(111,120-54-118-83(109)86(7,8)9)121-55-119-84(110)87(10,11)12)46-74(103)96-70-31-28-62-17-13-18-64-48-72(100(75(62)64)80(70)106)79(105)97-69(32-33-73(93)102)58(3)117-52-60-22-20-59(21-23-60)16-14-36-112-38-40-114-42-44-116-45-43-115-41-39-113-37-15-19-63-47-65(76-57(2)95-53-123-76)24-25-66(63)50-94-78(104)71-49-68(101)51-99(71)81(107)77(85(4,5)6)98-82(108)88(90)34-35-88/h13,17-18,20-27,29-30,46-47,53,58,68-72,77,101H,14-16,19,28,31-45,48-52,54-55H2,1-12H3,(H2,93,102)(H,94,104)(H,96,103)(H,97,105)(H,98,108)/b56-46+/t58-,68-,69+,70+,71+,72+,77?/m1/s1. The van der Waals surface area contributed by atoms with Gasteiger partial charge in [-0.25, -0.2) is 9.37 Å². The molecule has 0 radical (unpaired) electrons. The minimum atomic E-state index is -5.62. The van der Waals surface area contributed by atoms with Crippen molar-refractivity contribution in [1.29, 1.82) is 0 Å². The molecule has 3 aliphatic heterocycles. The molecule has 7 N–H and O–H groups in total. The van der Waals surface area contributed by atoms with Gasteiger partial charge in [0.2, 0.25) is 49.0 Å². The molecule has 123 heavy (non-hydrogen) atoms. The number of aromatic nitrogens is 1. The molecule has 4 heterocycles. The molecule has 1 saturated heterocycles. The molecule has 34 heteroatoms. The number of nitrogens with zero attached hydrogens (tertiary/aromatic N) is 3. The van der Waals surface area contributed by atoms with E-state index >= 15 is 8.78 Å². The number of nitrogens with one attached hydrogen (secondary N) is 4. The van der Waals surface area contributed by atoms with E-state index in [9.17, 15) is 57.2 Å². The Balaban J connectivity index is 0.644. The summed E-state index contributed by atoms with van der Waals surface area (Å²) < 4.78 is 116. The summed E-state index contributed by atoms with van der Waals surface area (Å²) in [4.78, 5) is 129. The number of benzene rings is 4. The second kappa shape index (κ2) is 44.3.